The molecule has 0 aliphatic carbocycles. The molecule has 3 rings (SSSR count). The number of benzene rings is 1. The van der Waals surface area contributed by atoms with Crippen molar-refractivity contribution < 1.29 is 4.79 Å². The molecule has 2 aromatic heterocycles. The molecule has 0 radical (unpaired) electrons. The van der Waals surface area contributed by atoms with Gasteiger partial charge in [-0.3, -0.25) is 4.79 Å². The lowest BCUT2D eigenvalue weighted by molar-refractivity contribution is 0.0954. The van der Waals surface area contributed by atoms with Gasteiger partial charge in [-0.25, -0.2) is 4.68 Å². The molecule has 8 nitrogen and oxygen atoms in total. The molecule has 0 aliphatic rings. The van der Waals surface area contributed by atoms with Gasteiger partial charge in [0, 0.05) is 33.3 Å². The number of carbonyl (C=O) groups excluding carboxylic acids is 1. The van der Waals surface area contributed by atoms with Crippen LogP contribution in [0.25, 0.3) is 5.69 Å². The lowest BCUT2D eigenvalue weighted by atomic mass is 10.2. The van der Waals surface area contributed by atoms with Crippen LogP contribution in [-0.2, 0) is 0 Å². The van der Waals surface area contributed by atoms with E-state index in [9.17, 15) is 4.79 Å². The molecule has 0 fully saturated rings. The number of amides is 1. The lowest BCUT2D eigenvalue weighted by Gasteiger charge is -2.13. The van der Waals surface area contributed by atoms with Crippen LogP contribution in [0.4, 0.5) is 11.5 Å². The maximum atomic E-state index is 12.4. The molecule has 0 aliphatic heterocycles. The smallest absolute Gasteiger partial charge is 0.254 e. The van der Waals surface area contributed by atoms with Gasteiger partial charge in [0.2, 0.25) is 0 Å². The summed E-state index contributed by atoms with van der Waals surface area (Å²) in [6.07, 6.45) is 3.29. The predicted molar refractivity (Wildman–Crippen MR) is 105 cm³/mol. The van der Waals surface area contributed by atoms with Crippen molar-refractivity contribution in [3.63, 3.8) is 0 Å². The van der Waals surface area contributed by atoms with Gasteiger partial charge in [-0.05, 0) is 19.1 Å². The first-order valence-electron chi connectivity index (χ1n) is 8.68. The molecule has 1 amide bonds. The van der Waals surface area contributed by atoms with E-state index in [1.54, 1.807) is 17.1 Å². The van der Waals surface area contributed by atoms with Gasteiger partial charge in [-0.1, -0.05) is 18.2 Å². The van der Waals surface area contributed by atoms with E-state index >= 15 is 0 Å². The zero-order chi connectivity index (χ0) is 19.2. The number of hydrogen-bond donors (Lipinski definition) is 2. The van der Waals surface area contributed by atoms with E-state index in [2.05, 4.69) is 25.9 Å². The largest absolute Gasteiger partial charge is 0.376 e. The summed E-state index contributed by atoms with van der Waals surface area (Å²) < 4.78 is 1.76. The van der Waals surface area contributed by atoms with E-state index in [-0.39, 0.29) is 5.91 Å². The Hall–Kier alpha value is -3.42. The summed E-state index contributed by atoms with van der Waals surface area (Å²) in [4.78, 5) is 14.4. The number of carbonyl (C=O) groups is 1. The molecular weight excluding hydrogens is 342 g/mol. The number of hydrogen-bond acceptors (Lipinski definition) is 6. The number of aromatic nitrogens is 4. The Kier molecular flexibility index (Phi) is 5.65. The van der Waals surface area contributed by atoms with Crippen molar-refractivity contribution in [3.05, 3.63) is 60.0 Å². The van der Waals surface area contributed by atoms with Crippen LogP contribution >= 0.6 is 0 Å². The molecule has 0 spiro atoms. The SMILES string of the molecule is Cc1c(C(=O)NCCNc2cc(N(C)C)cnn2)cnn1-c1ccccc1. The van der Waals surface area contributed by atoms with Gasteiger partial charge in [0.1, 0.15) is 0 Å². The van der Waals surface area contributed by atoms with Crippen LogP contribution in [-0.4, -0.2) is 53.1 Å². The minimum atomic E-state index is -0.149. The van der Waals surface area contributed by atoms with Crippen LogP contribution in [0.3, 0.4) is 0 Å². The predicted octanol–water partition coefficient (Wildman–Crippen LogP) is 1.88. The highest BCUT2D eigenvalue weighted by molar-refractivity contribution is 5.95. The van der Waals surface area contributed by atoms with E-state index < -0.39 is 0 Å². The van der Waals surface area contributed by atoms with Gasteiger partial charge >= 0.3 is 0 Å². The molecule has 27 heavy (non-hydrogen) atoms. The highest BCUT2D eigenvalue weighted by Crippen LogP contribution is 2.14. The van der Waals surface area contributed by atoms with Crippen LogP contribution < -0.4 is 15.5 Å². The number of rotatable bonds is 7. The van der Waals surface area contributed by atoms with Crippen molar-refractivity contribution in [1.29, 1.82) is 0 Å². The number of para-hydroxylation sites is 1. The first-order chi connectivity index (χ1) is 13.1. The summed E-state index contributed by atoms with van der Waals surface area (Å²) in [6.45, 7) is 2.89. The third-order valence-electron chi connectivity index (χ3n) is 4.13. The Bertz CT molecular complexity index is 905. The zero-order valence-electron chi connectivity index (χ0n) is 15.7. The Morgan fingerprint density at radius 3 is 2.67 bits per heavy atom. The molecule has 3 aromatic rings. The fourth-order valence-corrected chi connectivity index (χ4v) is 2.61. The van der Waals surface area contributed by atoms with Crippen LogP contribution in [0.15, 0.2) is 48.8 Å². The van der Waals surface area contributed by atoms with Gasteiger partial charge in [-0.2, -0.15) is 10.2 Å². The topological polar surface area (TPSA) is 88.0 Å². The number of anilines is 2. The van der Waals surface area contributed by atoms with E-state index in [1.807, 2.05) is 62.3 Å². The lowest BCUT2D eigenvalue weighted by Crippen LogP contribution is -2.29. The molecule has 0 saturated carbocycles. The highest BCUT2D eigenvalue weighted by atomic mass is 16.1. The fourth-order valence-electron chi connectivity index (χ4n) is 2.61. The molecule has 2 N–H and O–H groups in total. The van der Waals surface area contributed by atoms with Crippen molar-refractivity contribution in [2.75, 3.05) is 37.4 Å². The second kappa shape index (κ2) is 8.31. The second-order valence-corrected chi connectivity index (χ2v) is 6.27. The normalized spacial score (nSPS) is 10.5. The summed E-state index contributed by atoms with van der Waals surface area (Å²) in [5, 5.41) is 18.4. The third-order valence-corrected chi connectivity index (χ3v) is 4.13. The Morgan fingerprint density at radius 1 is 1.15 bits per heavy atom. The van der Waals surface area contributed by atoms with E-state index in [0.717, 1.165) is 17.1 Å². The minimum absolute atomic E-state index is 0.149. The molecule has 0 atom stereocenters. The molecule has 0 unspecified atom stereocenters. The van der Waals surface area contributed by atoms with Crippen molar-refractivity contribution in [1.82, 2.24) is 25.3 Å². The van der Waals surface area contributed by atoms with Gasteiger partial charge in [0.15, 0.2) is 5.82 Å². The van der Waals surface area contributed by atoms with Crippen molar-refractivity contribution >= 4 is 17.4 Å². The molecule has 0 saturated heterocycles. The molecule has 1 aromatic carbocycles. The summed E-state index contributed by atoms with van der Waals surface area (Å²) >= 11 is 0. The summed E-state index contributed by atoms with van der Waals surface area (Å²) in [5.41, 5.74) is 3.25. The van der Waals surface area contributed by atoms with Crippen molar-refractivity contribution in [3.8, 4) is 5.69 Å². The first-order valence-corrected chi connectivity index (χ1v) is 8.68. The van der Waals surface area contributed by atoms with Crippen LogP contribution in [0.2, 0.25) is 0 Å². The average Bonchev–Trinajstić information content (AvgIpc) is 3.07. The molecule has 0 bridgehead atoms. The standard InChI is InChI=1S/C19H23N7O/c1-14-17(13-23-26(14)15-7-5-4-6-8-15)19(27)21-10-9-20-18-11-16(25(2)3)12-22-24-18/h4-8,11-13H,9-10H2,1-3H3,(H,20,24)(H,21,27). The average molecular weight is 365 g/mol. The van der Waals surface area contributed by atoms with Gasteiger partial charge < -0.3 is 15.5 Å². The Morgan fingerprint density at radius 2 is 1.93 bits per heavy atom. The quantitative estimate of drug-likeness (QED) is 0.622. The van der Waals surface area contributed by atoms with Gasteiger partial charge in [-0.15, -0.1) is 5.10 Å². The van der Waals surface area contributed by atoms with Crippen molar-refractivity contribution in [2.45, 2.75) is 6.92 Å². The van der Waals surface area contributed by atoms with Crippen molar-refractivity contribution in [2.24, 2.45) is 0 Å². The summed E-state index contributed by atoms with van der Waals surface area (Å²) in [7, 11) is 3.89. The number of nitrogens with one attached hydrogen (secondary N) is 2. The first kappa shape index (κ1) is 18.4. The van der Waals surface area contributed by atoms with Crippen LogP contribution in [0, 0.1) is 6.92 Å². The highest BCUT2D eigenvalue weighted by Gasteiger charge is 2.14. The zero-order valence-corrected chi connectivity index (χ0v) is 15.7. The number of nitrogens with zero attached hydrogens (tertiary/aromatic N) is 5. The molecule has 140 valence electrons. The van der Waals surface area contributed by atoms with E-state index in [4.69, 9.17) is 0 Å². The molecule has 2 heterocycles. The van der Waals surface area contributed by atoms with E-state index in [0.29, 0.717) is 24.5 Å². The van der Waals surface area contributed by atoms with Crippen LogP contribution in [0.1, 0.15) is 16.1 Å². The minimum Gasteiger partial charge on any atom is -0.376 e. The molecule has 8 heteroatoms. The van der Waals surface area contributed by atoms with E-state index in [1.165, 1.54) is 0 Å². The second-order valence-electron chi connectivity index (χ2n) is 6.27. The Balaban J connectivity index is 1.54. The molecular formula is C19H23N7O. The summed E-state index contributed by atoms with van der Waals surface area (Å²) in [6, 6.07) is 11.6. The maximum Gasteiger partial charge on any atom is 0.254 e. The fraction of sp³-hybridized carbons (Fsp3) is 0.263. The summed E-state index contributed by atoms with van der Waals surface area (Å²) in [5.74, 6) is 0.521. The Labute approximate surface area is 158 Å². The van der Waals surface area contributed by atoms with Crippen LogP contribution in [0.5, 0.6) is 0 Å². The monoisotopic (exact) mass is 365 g/mol. The van der Waals surface area contributed by atoms with Gasteiger partial charge in [0.05, 0.1) is 35.0 Å². The van der Waals surface area contributed by atoms with Gasteiger partial charge in [0.25, 0.3) is 5.91 Å². The maximum absolute atomic E-state index is 12.4. The third kappa shape index (κ3) is 4.41.